The molecule has 1 heterocycles. The largest absolute Gasteiger partial charge is 0.465 e. The highest BCUT2D eigenvalue weighted by molar-refractivity contribution is 7.89. The molecule has 1 saturated carbocycles. The highest BCUT2D eigenvalue weighted by Crippen LogP contribution is 2.32. The summed E-state index contributed by atoms with van der Waals surface area (Å²) in [4.78, 5) is 29.6. The van der Waals surface area contributed by atoms with Crippen molar-refractivity contribution in [2.75, 3.05) is 13.7 Å². The number of ether oxygens (including phenoxy) is 1. The molecule has 1 amide bonds. The number of hydrogen-bond acceptors (Lipinski definition) is 6. The molecule has 1 aromatic heterocycles. The number of nitrogens with zero attached hydrogens (tertiary/aromatic N) is 3. The van der Waals surface area contributed by atoms with Crippen molar-refractivity contribution in [1.82, 2.24) is 8.87 Å². The second-order valence-electron chi connectivity index (χ2n) is 7.68. The first kappa shape index (κ1) is 24.9. The van der Waals surface area contributed by atoms with E-state index in [1.165, 1.54) is 33.1 Å². The lowest BCUT2D eigenvalue weighted by Gasteiger charge is -2.16. The number of aromatic nitrogens is 1. The van der Waals surface area contributed by atoms with Gasteiger partial charge in [0.1, 0.15) is 6.54 Å². The topological polar surface area (TPSA) is 98.0 Å². The van der Waals surface area contributed by atoms with Crippen molar-refractivity contribution in [2.24, 2.45) is 4.99 Å². The fourth-order valence-electron chi connectivity index (χ4n) is 3.40. The molecule has 0 radical (unpaired) electrons. The van der Waals surface area contributed by atoms with Crippen molar-refractivity contribution in [3.63, 3.8) is 0 Å². The molecule has 34 heavy (non-hydrogen) atoms. The summed E-state index contributed by atoms with van der Waals surface area (Å²) in [6, 6.07) is 8.88. The van der Waals surface area contributed by atoms with Crippen molar-refractivity contribution >= 4 is 66.7 Å². The lowest BCUT2D eigenvalue weighted by molar-refractivity contribution is -0.143. The van der Waals surface area contributed by atoms with Crippen LogP contribution in [0.25, 0.3) is 10.2 Å². The van der Waals surface area contributed by atoms with E-state index in [0.717, 1.165) is 24.2 Å². The molecule has 0 saturated heterocycles. The van der Waals surface area contributed by atoms with Gasteiger partial charge in [-0.05, 0) is 56.2 Å². The number of sulfonamides is 1. The molecule has 180 valence electrons. The molecule has 0 aliphatic heterocycles. The van der Waals surface area contributed by atoms with Crippen LogP contribution in [0.15, 0.2) is 46.3 Å². The molecular formula is C22H21Cl2N3O5S2. The summed E-state index contributed by atoms with van der Waals surface area (Å²) in [5.74, 6) is -1.11. The first-order valence-electron chi connectivity index (χ1n) is 10.4. The molecule has 0 spiro atoms. The Morgan fingerprint density at radius 3 is 2.41 bits per heavy atom. The van der Waals surface area contributed by atoms with Crippen LogP contribution in [0.5, 0.6) is 0 Å². The van der Waals surface area contributed by atoms with E-state index >= 15 is 0 Å². The molecule has 1 aliphatic carbocycles. The summed E-state index contributed by atoms with van der Waals surface area (Å²) in [5, 5.41) is 0.758. The summed E-state index contributed by atoms with van der Waals surface area (Å²) < 4.78 is 33.9. The second kappa shape index (κ2) is 9.79. The Morgan fingerprint density at radius 1 is 1.15 bits per heavy atom. The molecular weight excluding hydrogens is 521 g/mol. The maximum atomic E-state index is 12.9. The second-order valence-corrected chi connectivity index (χ2v) is 11.5. The highest BCUT2D eigenvalue weighted by atomic mass is 35.5. The number of halogens is 2. The lowest BCUT2D eigenvalue weighted by atomic mass is 10.2. The van der Waals surface area contributed by atoms with Crippen LogP contribution in [0.4, 0.5) is 0 Å². The monoisotopic (exact) mass is 541 g/mol. The molecule has 12 heteroatoms. The number of carbonyl (C=O) groups excluding carboxylic acids is 2. The van der Waals surface area contributed by atoms with E-state index in [4.69, 9.17) is 27.9 Å². The van der Waals surface area contributed by atoms with Crippen LogP contribution in [0.1, 0.15) is 30.1 Å². The zero-order chi connectivity index (χ0) is 24.6. The number of carbonyl (C=O) groups is 2. The van der Waals surface area contributed by atoms with E-state index < -0.39 is 21.9 Å². The van der Waals surface area contributed by atoms with Crippen LogP contribution in [-0.2, 0) is 26.1 Å². The van der Waals surface area contributed by atoms with E-state index in [-0.39, 0.29) is 34.5 Å². The van der Waals surface area contributed by atoms with Crippen molar-refractivity contribution in [3.05, 3.63) is 56.8 Å². The van der Waals surface area contributed by atoms with Crippen LogP contribution in [0, 0.1) is 0 Å². The van der Waals surface area contributed by atoms with Crippen LogP contribution in [-0.4, -0.2) is 48.9 Å². The minimum absolute atomic E-state index is 0.0303. The van der Waals surface area contributed by atoms with Gasteiger partial charge in [-0.3, -0.25) is 9.59 Å². The van der Waals surface area contributed by atoms with E-state index in [1.807, 2.05) is 0 Å². The van der Waals surface area contributed by atoms with E-state index in [9.17, 15) is 18.0 Å². The third kappa shape index (κ3) is 4.92. The molecule has 0 unspecified atom stereocenters. The standard InChI is InChI=1S/C22H21Cl2N3O5S2/c1-3-32-18(28)12-27-19-16(23)10-11-17(24)20(19)33-22(27)25-21(29)13-4-8-15(9-5-13)34(30,31)26(2)14-6-7-14/h4-5,8-11,14H,3,6-7,12H2,1-2H3. The Balaban J connectivity index is 1.72. The van der Waals surface area contributed by atoms with E-state index in [2.05, 4.69) is 4.99 Å². The predicted octanol–water partition coefficient (Wildman–Crippen LogP) is 4.10. The average molecular weight is 542 g/mol. The van der Waals surface area contributed by atoms with Crippen LogP contribution < -0.4 is 4.80 Å². The van der Waals surface area contributed by atoms with Gasteiger partial charge >= 0.3 is 5.97 Å². The fraction of sp³-hybridized carbons (Fsp3) is 0.318. The minimum atomic E-state index is -3.62. The number of fused-ring (bicyclic) bond motifs is 1. The van der Waals surface area contributed by atoms with E-state index in [0.29, 0.717) is 20.3 Å². The summed E-state index contributed by atoms with van der Waals surface area (Å²) in [6.07, 6.45) is 1.69. The summed E-state index contributed by atoms with van der Waals surface area (Å²) in [5.41, 5.74) is 0.675. The molecule has 2 aromatic carbocycles. The molecule has 8 nitrogen and oxygen atoms in total. The third-order valence-corrected chi connectivity index (χ3v) is 9.13. The molecule has 0 N–H and O–H groups in total. The molecule has 1 fully saturated rings. The number of esters is 1. The number of amides is 1. The summed E-state index contributed by atoms with van der Waals surface area (Å²) in [6.45, 7) is 1.69. The van der Waals surface area contributed by atoms with Crippen molar-refractivity contribution in [3.8, 4) is 0 Å². The van der Waals surface area contributed by atoms with Gasteiger partial charge in [0.25, 0.3) is 5.91 Å². The van der Waals surface area contributed by atoms with Crippen molar-refractivity contribution < 1.29 is 22.7 Å². The maximum absolute atomic E-state index is 12.9. The first-order valence-corrected chi connectivity index (χ1v) is 13.4. The minimum Gasteiger partial charge on any atom is -0.465 e. The Labute approximate surface area is 210 Å². The average Bonchev–Trinajstić information content (AvgIpc) is 3.59. The Kier molecular flexibility index (Phi) is 7.16. The number of rotatable bonds is 7. The smallest absolute Gasteiger partial charge is 0.326 e. The lowest BCUT2D eigenvalue weighted by Crippen LogP contribution is -2.28. The van der Waals surface area contributed by atoms with E-state index in [1.54, 1.807) is 26.1 Å². The Hall–Kier alpha value is -2.24. The normalized spacial score (nSPS) is 14.7. The van der Waals surface area contributed by atoms with Gasteiger partial charge in [-0.15, -0.1) is 0 Å². The van der Waals surface area contributed by atoms with Gasteiger partial charge in [0, 0.05) is 18.7 Å². The molecule has 4 rings (SSSR count). The van der Waals surface area contributed by atoms with Gasteiger partial charge in [0.2, 0.25) is 10.0 Å². The van der Waals surface area contributed by atoms with Crippen molar-refractivity contribution in [2.45, 2.75) is 37.2 Å². The summed E-state index contributed by atoms with van der Waals surface area (Å²) in [7, 11) is -2.06. The molecule has 0 bridgehead atoms. The van der Waals surface area contributed by atoms with Gasteiger partial charge in [-0.25, -0.2) is 8.42 Å². The number of thiazole rings is 1. The van der Waals surface area contributed by atoms with Gasteiger partial charge in [-0.2, -0.15) is 9.30 Å². The van der Waals surface area contributed by atoms with Gasteiger partial charge < -0.3 is 9.30 Å². The molecule has 3 aromatic rings. The fourth-order valence-corrected chi connectivity index (χ4v) is 6.46. The van der Waals surface area contributed by atoms with Crippen LogP contribution in [0.2, 0.25) is 10.0 Å². The third-order valence-electron chi connectivity index (χ3n) is 5.36. The molecule has 0 atom stereocenters. The molecule has 1 aliphatic rings. The zero-order valence-electron chi connectivity index (χ0n) is 18.3. The predicted molar refractivity (Wildman–Crippen MR) is 131 cm³/mol. The number of hydrogen-bond donors (Lipinski definition) is 0. The number of benzene rings is 2. The van der Waals surface area contributed by atoms with Crippen LogP contribution in [0.3, 0.4) is 0 Å². The quantitative estimate of drug-likeness (QED) is 0.419. The van der Waals surface area contributed by atoms with Gasteiger partial charge in [0.05, 0.1) is 31.8 Å². The van der Waals surface area contributed by atoms with Gasteiger partial charge in [-0.1, -0.05) is 34.5 Å². The first-order chi connectivity index (χ1) is 16.1. The highest BCUT2D eigenvalue weighted by Gasteiger charge is 2.35. The van der Waals surface area contributed by atoms with Crippen LogP contribution >= 0.6 is 34.5 Å². The maximum Gasteiger partial charge on any atom is 0.326 e. The SMILES string of the molecule is CCOC(=O)Cn1c(=NC(=O)c2ccc(S(=O)(=O)N(C)C3CC3)cc2)sc2c(Cl)ccc(Cl)c21. The zero-order valence-corrected chi connectivity index (χ0v) is 21.5. The van der Waals surface area contributed by atoms with Crippen molar-refractivity contribution in [1.29, 1.82) is 0 Å². The summed E-state index contributed by atoms with van der Waals surface area (Å²) >= 11 is 13.8. The Bertz CT molecular complexity index is 1440. The Morgan fingerprint density at radius 2 is 1.79 bits per heavy atom. The van der Waals surface area contributed by atoms with Gasteiger partial charge in [0.15, 0.2) is 4.80 Å².